The van der Waals surface area contributed by atoms with E-state index in [-0.39, 0.29) is 0 Å². The number of amides is 1. The number of ether oxygens (including phenoxy) is 1. The minimum absolute atomic E-state index is 0.423. The predicted octanol–water partition coefficient (Wildman–Crippen LogP) is 1.56. The second kappa shape index (κ2) is 4.81. The van der Waals surface area contributed by atoms with E-state index < -0.39 is 6.09 Å². The molecule has 72 valence electrons. The third kappa shape index (κ3) is 3.02. The van der Waals surface area contributed by atoms with Gasteiger partial charge < -0.3 is 10.1 Å². The Bertz CT molecular complexity index is 285. The van der Waals surface area contributed by atoms with Gasteiger partial charge in [-0.25, -0.2) is 9.78 Å². The topological polar surface area (TPSA) is 51.2 Å². The molecule has 0 unspecified atom stereocenters. The van der Waals surface area contributed by atoms with Gasteiger partial charge in [0.25, 0.3) is 0 Å². The van der Waals surface area contributed by atoms with Crippen LogP contribution < -0.4 is 5.32 Å². The first-order valence-electron chi connectivity index (χ1n) is 4.01. The van der Waals surface area contributed by atoms with Crippen LogP contribution >= 0.6 is 11.3 Å². The standard InChI is InChI=1S/C8H12N2O2S/c1-3-6-4-9-7(13-6)5-10-8(11)12-2/h4H,3,5H2,1-2H3,(H,10,11). The minimum atomic E-state index is -0.423. The number of carbonyl (C=O) groups is 1. The fourth-order valence-corrected chi connectivity index (χ4v) is 1.62. The van der Waals surface area contributed by atoms with Gasteiger partial charge in [-0.3, -0.25) is 0 Å². The van der Waals surface area contributed by atoms with Crippen LogP contribution in [0.4, 0.5) is 4.79 Å². The predicted molar refractivity (Wildman–Crippen MR) is 50.7 cm³/mol. The summed E-state index contributed by atoms with van der Waals surface area (Å²) in [7, 11) is 1.34. The summed E-state index contributed by atoms with van der Waals surface area (Å²) >= 11 is 1.60. The number of methoxy groups -OCH3 is 1. The lowest BCUT2D eigenvalue weighted by atomic mass is 10.4. The van der Waals surface area contributed by atoms with Crippen molar-refractivity contribution in [2.45, 2.75) is 19.9 Å². The molecule has 1 aromatic rings. The zero-order valence-corrected chi connectivity index (χ0v) is 8.48. The van der Waals surface area contributed by atoms with Crippen molar-refractivity contribution in [3.8, 4) is 0 Å². The number of carbonyl (C=O) groups excluding carboxylic acids is 1. The largest absolute Gasteiger partial charge is 0.453 e. The van der Waals surface area contributed by atoms with Gasteiger partial charge in [-0.2, -0.15) is 0 Å². The molecule has 0 aliphatic heterocycles. The lowest BCUT2D eigenvalue weighted by Crippen LogP contribution is -2.22. The zero-order chi connectivity index (χ0) is 9.68. The molecule has 0 saturated carbocycles. The van der Waals surface area contributed by atoms with E-state index in [0.717, 1.165) is 11.4 Å². The highest BCUT2D eigenvalue weighted by Crippen LogP contribution is 2.12. The molecule has 0 spiro atoms. The summed E-state index contributed by atoms with van der Waals surface area (Å²) in [6, 6.07) is 0. The van der Waals surface area contributed by atoms with Crippen LogP contribution in [0.1, 0.15) is 16.8 Å². The Morgan fingerprint density at radius 1 is 1.77 bits per heavy atom. The van der Waals surface area contributed by atoms with Gasteiger partial charge >= 0.3 is 6.09 Å². The molecule has 1 N–H and O–H groups in total. The van der Waals surface area contributed by atoms with E-state index in [4.69, 9.17) is 0 Å². The molecule has 13 heavy (non-hydrogen) atoms. The van der Waals surface area contributed by atoms with Crippen molar-refractivity contribution in [3.63, 3.8) is 0 Å². The van der Waals surface area contributed by atoms with E-state index in [1.807, 2.05) is 6.20 Å². The first-order valence-corrected chi connectivity index (χ1v) is 4.83. The lowest BCUT2D eigenvalue weighted by molar-refractivity contribution is 0.170. The van der Waals surface area contributed by atoms with E-state index >= 15 is 0 Å². The number of hydrogen-bond donors (Lipinski definition) is 1. The molecule has 5 heteroatoms. The third-order valence-electron chi connectivity index (χ3n) is 1.52. The van der Waals surface area contributed by atoms with Gasteiger partial charge in [0.05, 0.1) is 13.7 Å². The molecular weight excluding hydrogens is 188 g/mol. The minimum Gasteiger partial charge on any atom is -0.453 e. The molecule has 1 amide bonds. The molecule has 0 saturated heterocycles. The Morgan fingerprint density at radius 3 is 3.08 bits per heavy atom. The normalized spacial score (nSPS) is 9.69. The Labute approximate surface area is 80.9 Å². The van der Waals surface area contributed by atoms with E-state index in [9.17, 15) is 4.79 Å². The van der Waals surface area contributed by atoms with Crippen molar-refractivity contribution in [1.29, 1.82) is 0 Å². The summed E-state index contributed by atoms with van der Waals surface area (Å²) in [5.74, 6) is 0. The first kappa shape index (κ1) is 9.98. The van der Waals surface area contributed by atoms with Crippen LogP contribution in [0.5, 0.6) is 0 Å². The maximum atomic E-state index is 10.7. The molecule has 0 atom stereocenters. The summed E-state index contributed by atoms with van der Waals surface area (Å²) in [5, 5.41) is 3.48. The highest BCUT2D eigenvalue weighted by Gasteiger charge is 2.02. The van der Waals surface area contributed by atoms with Crippen LogP contribution in [-0.4, -0.2) is 18.2 Å². The molecule has 1 rings (SSSR count). The average molecular weight is 200 g/mol. The number of nitrogens with one attached hydrogen (secondary N) is 1. The Kier molecular flexibility index (Phi) is 3.70. The molecule has 1 heterocycles. The summed E-state index contributed by atoms with van der Waals surface area (Å²) in [4.78, 5) is 16.1. The second-order valence-corrected chi connectivity index (χ2v) is 3.62. The Morgan fingerprint density at radius 2 is 2.54 bits per heavy atom. The quantitative estimate of drug-likeness (QED) is 0.805. The molecule has 0 aromatic carbocycles. The van der Waals surface area contributed by atoms with Crippen molar-refractivity contribution in [2.24, 2.45) is 0 Å². The summed E-state index contributed by atoms with van der Waals surface area (Å²) in [5.41, 5.74) is 0. The van der Waals surface area contributed by atoms with Crippen molar-refractivity contribution in [2.75, 3.05) is 7.11 Å². The van der Waals surface area contributed by atoms with E-state index in [0.29, 0.717) is 6.54 Å². The fourth-order valence-electron chi connectivity index (χ4n) is 0.813. The van der Waals surface area contributed by atoms with Crippen molar-refractivity contribution < 1.29 is 9.53 Å². The highest BCUT2D eigenvalue weighted by atomic mass is 32.1. The number of nitrogens with zero attached hydrogens (tertiary/aromatic N) is 1. The molecular formula is C8H12N2O2S. The van der Waals surface area contributed by atoms with Gasteiger partial charge in [-0.1, -0.05) is 6.92 Å². The van der Waals surface area contributed by atoms with E-state index in [1.165, 1.54) is 12.0 Å². The fraction of sp³-hybridized carbons (Fsp3) is 0.500. The van der Waals surface area contributed by atoms with Gasteiger partial charge in [0.15, 0.2) is 0 Å². The van der Waals surface area contributed by atoms with Crippen LogP contribution in [0.15, 0.2) is 6.20 Å². The van der Waals surface area contributed by atoms with E-state index in [2.05, 4.69) is 22.0 Å². The molecule has 0 fully saturated rings. The van der Waals surface area contributed by atoms with Crippen LogP contribution in [-0.2, 0) is 17.7 Å². The molecule has 0 aliphatic rings. The van der Waals surface area contributed by atoms with Gasteiger partial charge in [-0.15, -0.1) is 11.3 Å². The summed E-state index contributed by atoms with van der Waals surface area (Å²) in [6.07, 6.45) is 2.39. The smallest absolute Gasteiger partial charge is 0.407 e. The highest BCUT2D eigenvalue weighted by molar-refractivity contribution is 7.11. The number of rotatable bonds is 3. The molecule has 0 radical (unpaired) electrons. The van der Waals surface area contributed by atoms with Gasteiger partial charge in [0.2, 0.25) is 0 Å². The Hall–Kier alpha value is -1.10. The third-order valence-corrected chi connectivity index (χ3v) is 2.66. The SMILES string of the molecule is CCc1cnc(CNC(=O)OC)s1. The average Bonchev–Trinajstić information content (AvgIpc) is 2.61. The van der Waals surface area contributed by atoms with Crippen molar-refractivity contribution in [1.82, 2.24) is 10.3 Å². The van der Waals surface area contributed by atoms with Crippen LogP contribution in [0.25, 0.3) is 0 Å². The maximum absolute atomic E-state index is 10.7. The van der Waals surface area contributed by atoms with Crippen molar-refractivity contribution in [3.05, 3.63) is 16.1 Å². The molecule has 0 aliphatic carbocycles. The first-order chi connectivity index (χ1) is 6.26. The zero-order valence-electron chi connectivity index (χ0n) is 7.66. The number of thiazole rings is 1. The second-order valence-electron chi connectivity index (χ2n) is 2.42. The summed E-state index contributed by atoms with van der Waals surface area (Å²) < 4.78 is 4.43. The summed E-state index contributed by atoms with van der Waals surface area (Å²) in [6.45, 7) is 2.52. The monoisotopic (exact) mass is 200 g/mol. The number of aromatic nitrogens is 1. The number of aryl methyl sites for hydroxylation is 1. The number of alkyl carbamates (subject to hydrolysis) is 1. The number of hydrogen-bond acceptors (Lipinski definition) is 4. The Balaban J connectivity index is 2.41. The van der Waals surface area contributed by atoms with Crippen molar-refractivity contribution >= 4 is 17.4 Å². The lowest BCUT2D eigenvalue weighted by Gasteiger charge is -1.99. The van der Waals surface area contributed by atoms with Gasteiger partial charge in [0.1, 0.15) is 5.01 Å². The molecule has 4 nitrogen and oxygen atoms in total. The van der Waals surface area contributed by atoms with Crippen LogP contribution in [0.2, 0.25) is 0 Å². The van der Waals surface area contributed by atoms with Crippen LogP contribution in [0, 0.1) is 0 Å². The maximum Gasteiger partial charge on any atom is 0.407 e. The van der Waals surface area contributed by atoms with Gasteiger partial charge in [-0.05, 0) is 6.42 Å². The van der Waals surface area contributed by atoms with E-state index in [1.54, 1.807) is 11.3 Å². The van der Waals surface area contributed by atoms with Gasteiger partial charge in [0, 0.05) is 11.1 Å². The van der Waals surface area contributed by atoms with Crippen LogP contribution in [0.3, 0.4) is 0 Å². The molecule has 1 aromatic heterocycles. The molecule has 0 bridgehead atoms.